The summed E-state index contributed by atoms with van der Waals surface area (Å²) in [4.78, 5) is 20.9. The van der Waals surface area contributed by atoms with Gasteiger partial charge in [-0.3, -0.25) is 4.79 Å². The Hall–Kier alpha value is -2.88. The van der Waals surface area contributed by atoms with Crippen LogP contribution in [0, 0.1) is 20.8 Å². The van der Waals surface area contributed by atoms with Gasteiger partial charge in [-0.2, -0.15) is 5.10 Å². The third kappa shape index (κ3) is 3.97. The van der Waals surface area contributed by atoms with Crippen molar-refractivity contribution in [1.29, 1.82) is 0 Å². The average molecular weight is 358 g/mol. The maximum atomic E-state index is 12.0. The topological polar surface area (TPSA) is 111 Å². The SMILES string of the molecule is Cc1cc(C)n(-c2cc(NCCNC(=O)c3snnc3C)ncn2)n1. The third-order valence-electron chi connectivity index (χ3n) is 3.45. The Kier molecular flexibility index (Phi) is 4.98. The molecule has 0 saturated carbocycles. The number of carbonyl (C=O) groups is 1. The van der Waals surface area contributed by atoms with E-state index in [0.717, 1.165) is 22.9 Å². The molecule has 0 aromatic carbocycles. The molecule has 0 unspecified atom stereocenters. The molecule has 0 aliphatic carbocycles. The summed E-state index contributed by atoms with van der Waals surface area (Å²) >= 11 is 1.09. The minimum absolute atomic E-state index is 0.166. The van der Waals surface area contributed by atoms with Crippen LogP contribution in [0.25, 0.3) is 5.82 Å². The Morgan fingerprint density at radius 3 is 2.72 bits per heavy atom. The van der Waals surface area contributed by atoms with Crippen LogP contribution in [-0.2, 0) is 0 Å². The lowest BCUT2D eigenvalue weighted by molar-refractivity contribution is 0.0958. The molecule has 0 spiro atoms. The van der Waals surface area contributed by atoms with Crippen LogP contribution in [-0.4, -0.2) is 48.3 Å². The number of carbonyl (C=O) groups excluding carboxylic acids is 1. The fraction of sp³-hybridized carbons (Fsp3) is 0.333. The lowest BCUT2D eigenvalue weighted by Gasteiger charge is -2.08. The van der Waals surface area contributed by atoms with E-state index in [-0.39, 0.29) is 5.91 Å². The summed E-state index contributed by atoms with van der Waals surface area (Å²) in [7, 11) is 0. The van der Waals surface area contributed by atoms with E-state index in [1.165, 1.54) is 6.33 Å². The molecule has 3 aromatic rings. The fourth-order valence-electron chi connectivity index (χ4n) is 2.31. The van der Waals surface area contributed by atoms with Gasteiger partial charge < -0.3 is 10.6 Å². The highest BCUT2D eigenvalue weighted by atomic mass is 32.1. The highest BCUT2D eigenvalue weighted by molar-refractivity contribution is 7.07. The van der Waals surface area contributed by atoms with Crippen LogP contribution in [0.15, 0.2) is 18.5 Å². The Balaban J connectivity index is 1.55. The van der Waals surface area contributed by atoms with E-state index in [1.54, 1.807) is 11.6 Å². The lowest BCUT2D eigenvalue weighted by atomic mass is 10.4. The van der Waals surface area contributed by atoms with Crippen molar-refractivity contribution >= 4 is 23.3 Å². The summed E-state index contributed by atoms with van der Waals surface area (Å²) in [5, 5.41) is 14.2. The zero-order valence-corrected chi connectivity index (χ0v) is 15.0. The first-order valence-electron chi connectivity index (χ1n) is 7.71. The predicted molar refractivity (Wildman–Crippen MR) is 94.1 cm³/mol. The number of nitrogens with zero attached hydrogens (tertiary/aromatic N) is 6. The van der Waals surface area contributed by atoms with Crippen molar-refractivity contribution in [3.05, 3.63) is 40.4 Å². The van der Waals surface area contributed by atoms with E-state index < -0.39 is 0 Å². The monoisotopic (exact) mass is 358 g/mol. The van der Waals surface area contributed by atoms with E-state index in [9.17, 15) is 4.79 Å². The number of amides is 1. The number of hydrogen-bond acceptors (Lipinski definition) is 8. The van der Waals surface area contributed by atoms with Crippen LogP contribution in [0.4, 0.5) is 5.82 Å². The molecule has 0 fully saturated rings. The lowest BCUT2D eigenvalue weighted by Crippen LogP contribution is -2.28. The molecule has 9 nitrogen and oxygen atoms in total. The molecular weight excluding hydrogens is 340 g/mol. The molecule has 0 bridgehead atoms. The quantitative estimate of drug-likeness (QED) is 0.639. The van der Waals surface area contributed by atoms with Crippen LogP contribution in [0.3, 0.4) is 0 Å². The molecule has 2 N–H and O–H groups in total. The third-order valence-corrected chi connectivity index (χ3v) is 4.28. The predicted octanol–water partition coefficient (Wildman–Crippen LogP) is 1.28. The van der Waals surface area contributed by atoms with Gasteiger partial charge in [0.25, 0.3) is 5.91 Å². The molecule has 0 aliphatic rings. The van der Waals surface area contributed by atoms with Crippen molar-refractivity contribution in [3.63, 3.8) is 0 Å². The molecule has 0 atom stereocenters. The molecule has 25 heavy (non-hydrogen) atoms. The summed E-state index contributed by atoms with van der Waals surface area (Å²) in [6.45, 7) is 6.66. The highest BCUT2D eigenvalue weighted by Crippen LogP contribution is 2.12. The smallest absolute Gasteiger partial charge is 0.265 e. The normalized spacial score (nSPS) is 10.7. The first-order valence-corrected chi connectivity index (χ1v) is 8.48. The van der Waals surface area contributed by atoms with E-state index >= 15 is 0 Å². The standard InChI is InChI=1S/C15H18N8OS/c1-9-6-10(2)23(21-9)13-7-12(18-8-19-13)16-4-5-17-15(24)14-11(3)20-22-25-14/h6-8H,4-5H2,1-3H3,(H,17,24)(H,16,18,19). The van der Waals surface area contributed by atoms with Crippen molar-refractivity contribution in [2.75, 3.05) is 18.4 Å². The van der Waals surface area contributed by atoms with Gasteiger partial charge in [-0.15, -0.1) is 5.10 Å². The largest absolute Gasteiger partial charge is 0.368 e. The van der Waals surface area contributed by atoms with Gasteiger partial charge >= 0.3 is 0 Å². The van der Waals surface area contributed by atoms with Crippen molar-refractivity contribution < 1.29 is 4.79 Å². The minimum Gasteiger partial charge on any atom is -0.368 e. The van der Waals surface area contributed by atoms with Gasteiger partial charge in [-0.25, -0.2) is 14.6 Å². The number of aromatic nitrogens is 6. The molecule has 0 saturated heterocycles. The Morgan fingerprint density at radius 2 is 2.04 bits per heavy atom. The maximum absolute atomic E-state index is 12.0. The molecule has 3 aromatic heterocycles. The van der Waals surface area contributed by atoms with Crippen LogP contribution < -0.4 is 10.6 Å². The first kappa shape index (κ1) is 17.0. The number of rotatable bonds is 6. The summed E-state index contributed by atoms with van der Waals surface area (Å²) in [5.41, 5.74) is 2.57. The van der Waals surface area contributed by atoms with E-state index in [1.807, 2.05) is 26.0 Å². The second kappa shape index (κ2) is 7.34. The van der Waals surface area contributed by atoms with Crippen molar-refractivity contribution in [1.82, 2.24) is 34.7 Å². The number of hydrogen-bond donors (Lipinski definition) is 2. The Labute approximate surface area is 148 Å². The average Bonchev–Trinajstić information content (AvgIpc) is 3.16. The molecule has 3 rings (SSSR count). The van der Waals surface area contributed by atoms with Crippen LogP contribution in [0.1, 0.15) is 26.8 Å². The summed E-state index contributed by atoms with van der Waals surface area (Å²) < 4.78 is 5.52. The van der Waals surface area contributed by atoms with Gasteiger partial charge in [0.2, 0.25) is 0 Å². The molecular formula is C15H18N8OS. The maximum Gasteiger partial charge on any atom is 0.265 e. The molecule has 0 aliphatic heterocycles. The van der Waals surface area contributed by atoms with E-state index in [2.05, 4.69) is 35.3 Å². The van der Waals surface area contributed by atoms with Crippen molar-refractivity contribution in [2.45, 2.75) is 20.8 Å². The zero-order chi connectivity index (χ0) is 17.8. The molecule has 0 radical (unpaired) electrons. The second-order valence-corrected chi connectivity index (χ2v) is 6.22. The molecule has 3 heterocycles. The Morgan fingerprint density at radius 1 is 1.20 bits per heavy atom. The van der Waals surface area contributed by atoms with Gasteiger partial charge in [0, 0.05) is 24.8 Å². The first-order chi connectivity index (χ1) is 12.0. The van der Waals surface area contributed by atoms with Gasteiger partial charge in [-0.1, -0.05) is 4.49 Å². The van der Waals surface area contributed by atoms with Gasteiger partial charge in [0.05, 0.1) is 11.4 Å². The van der Waals surface area contributed by atoms with Gasteiger partial charge in [-0.05, 0) is 38.4 Å². The second-order valence-electron chi connectivity index (χ2n) is 5.47. The molecule has 130 valence electrons. The van der Waals surface area contributed by atoms with E-state index in [0.29, 0.717) is 35.3 Å². The van der Waals surface area contributed by atoms with Crippen LogP contribution in [0.5, 0.6) is 0 Å². The van der Waals surface area contributed by atoms with Crippen LogP contribution >= 0.6 is 11.5 Å². The summed E-state index contributed by atoms with van der Waals surface area (Å²) in [6.07, 6.45) is 1.49. The van der Waals surface area contributed by atoms with Gasteiger partial charge in [0.1, 0.15) is 17.0 Å². The zero-order valence-electron chi connectivity index (χ0n) is 14.1. The molecule has 10 heteroatoms. The number of nitrogens with one attached hydrogen (secondary N) is 2. The highest BCUT2D eigenvalue weighted by Gasteiger charge is 2.12. The Bertz CT molecular complexity index is 887. The van der Waals surface area contributed by atoms with Crippen LogP contribution in [0.2, 0.25) is 0 Å². The minimum atomic E-state index is -0.166. The van der Waals surface area contributed by atoms with Gasteiger partial charge in [0.15, 0.2) is 5.82 Å². The fourth-order valence-corrected chi connectivity index (χ4v) is 2.88. The van der Waals surface area contributed by atoms with Crippen molar-refractivity contribution in [2.24, 2.45) is 0 Å². The van der Waals surface area contributed by atoms with E-state index in [4.69, 9.17) is 0 Å². The summed E-state index contributed by atoms with van der Waals surface area (Å²) in [5.74, 6) is 1.20. The number of aryl methyl sites for hydroxylation is 3. The number of anilines is 1. The molecule has 1 amide bonds. The van der Waals surface area contributed by atoms with Crippen molar-refractivity contribution in [3.8, 4) is 5.82 Å². The summed E-state index contributed by atoms with van der Waals surface area (Å²) in [6, 6.07) is 3.81.